The minimum atomic E-state index is 0.746. The Balaban J connectivity index is 1.37. The molecule has 0 saturated carbocycles. The van der Waals surface area contributed by atoms with E-state index >= 15 is 0 Å². The van der Waals surface area contributed by atoms with Gasteiger partial charge in [-0.25, -0.2) is 0 Å². The molecule has 0 amide bonds. The van der Waals surface area contributed by atoms with Crippen LogP contribution in [0.25, 0.3) is 33.7 Å². The Hall–Kier alpha value is -7.04. The molecule has 6 rings (SSSR count). The summed E-state index contributed by atoms with van der Waals surface area (Å²) >= 11 is 0. The summed E-state index contributed by atoms with van der Waals surface area (Å²) in [5.74, 6) is 2.74. The zero-order valence-electron chi connectivity index (χ0n) is 29.4. The topological polar surface area (TPSA) is 6.48 Å². The van der Waals surface area contributed by atoms with Crippen molar-refractivity contribution in [2.24, 2.45) is 0 Å². The quantitative estimate of drug-likeness (QED) is 0.0727. The number of fused-ring (bicyclic) bond motifs is 2. The van der Waals surface area contributed by atoms with Gasteiger partial charge in [-0.2, -0.15) is 0 Å². The van der Waals surface area contributed by atoms with Gasteiger partial charge in [-0.05, 0) is 82.9 Å². The van der Waals surface area contributed by atoms with E-state index in [0.717, 1.165) is 61.6 Å². The minimum Gasteiger partial charge on any atom is -0.310 e. The molecular weight excluding hydrogens is 629 g/mol. The van der Waals surface area contributed by atoms with Gasteiger partial charge in [0.1, 0.15) is 0 Å². The van der Waals surface area contributed by atoms with Crippen LogP contribution in [0.4, 0.5) is 22.7 Å². The molecule has 2 nitrogen and oxygen atoms in total. The average molecular weight is 669 g/mol. The second-order valence-electron chi connectivity index (χ2n) is 12.1. The molecule has 0 aromatic heterocycles. The van der Waals surface area contributed by atoms with Crippen LogP contribution in [0.3, 0.4) is 0 Å². The number of benzene rings is 6. The molecule has 52 heavy (non-hydrogen) atoms. The molecule has 0 radical (unpaired) electrons. The molecule has 250 valence electrons. The Kier molecular flexibility index (Phi) is 11.1. The molecule has 6 aromatic carbocycles. The fraction of sp³-hybridized carbons (Fsp3) is 0.0200. The molecule has 0 aliphatic carbocycles. The van der Waals surface area contributed by atoms with E-state index in [9.17, 15) is 0 Å². The van der Waals surface area contributed by atoms with Crippen LogP contribution in [0.5, 0.6) is 0 Å². The highest BCUT2D eigenvalue weighted by atomic mass is 15.2. The second kappa shape index (κ2) is 16.6. The van der Waals surface area contributed by atoms with E-state index in [4.69, 9.17) is 6.42 Å². The van der Waals surface area contributed by atoms with Crippen LogP contribution in [0, 0.1) is 12.3 Å². The summed E-state index contributed by atoms with van der Waals surface area (Å²) in [6.45, 7) is 14.3. The van der Waals surface area contributed by atoms with E-state index in [1.807, 2.05) is 67.7 Å². The van der Waals surface area contributed by atoms with Crippen LogP contribution in [0.15, 0.2) is 212 Å². The molecule has 0 saturated heterocycles. The average Bonchev–Trinajstić information content (AvgIpc) is 3.19. The number of anilines is 4. The number of terminal acetylenes is 1. The molecule has 0 aliphatic heterocycles. The molecular formula is C50H40N2. The summed E-state index contributed by atoms with van der Waals surface area (Å²) in [6.07, 6.45) is 21.2. The van der Waals surface area contributed by atoms with Crippen LogP contribution in [0.1, 0.15) is 18.1 Å². The number of allylic oxidation sites excluding steroid dienone is 7. The van der Waals surface area contributed by atoms with E-state index in [1.54, 1.807) is 6.08 Å². The second-order valence-corrected chi connectivity index (χ2v) is 12.1. The van der Waals surface area contributed by atoms with Crippen molar-refractivity contribution in [1.29, 1.82) is 0 Å². The van der Waals surface area contributed by atoms with Crippen molar-refractivity contribution < 1.29 is 0 Å². The predicted molar refractivity (Wildman–Crippen MR) is 227 cm³/mol. The third-order valence-corrected chi connectivity index (χ3v) is 8.85. The van der Waals surface area contributed by atoms with Crippen molar-refractivity contribution in [3.05, 3.63) is 223 Å². The number of hydrogen-bond acceptors (Lipinski definition) is 2. The summed E-state index contributed by atoms with van der Waals surface area (Å²) in [6, 6.07) is 46.4. The van der Waals surface area contributed by atoms with Gasteiger partial charge >= 0.3 is 0 Å². The fourth-order valence-electron chi connectivity index (χ4n) is 6.20. The van der Waals surface area contributed by atoms with Crippen molar-refractivity contribution >= 4 is 56.4 Å². The van der Waals surface area contributed by atoms with E-state index in [0.29, 0.717) is 0 Å². The highest BCUT2D eigenvalue weighted by Gasteiger charge is 2.17. The van der Waals surface area contributed by atoms with Gasteiger partial charge < -0.3 is 9.80 Å². The van der Waals surface area contributed by atoms with Gasteiger partial charge in [0.25, 0.3) is 0 Å². The van der Waals surface area contributed by atoms with Crippen LogP contribution >= 0.6 is 0 Å². The minimum absolute atomic E-state index is 0.746. The van der Waals surface area contributed by atoms with Crippen molar-refractivity contribution in [3.8, 4) is 12.3 Å². The van der Waals surface area contributed by atoms with Gasteiger partial charge in [-0.15, -0.1) is 12.2 Å². The fourth-order valence-corrected chi connectivity index (χ4v) is 6.20. The lowest BCUT2D eigenvalue weighted by atomic mass is 10.1. The lowest BCUT2D eigenvalue weighted by molar-refractivity contribution is 1.16. The highest BCUT2D eigenvalue weighted by molar-refractivity contribution is 5.99. The standard InChI is InChI=1S/C50H40N2/c1-6-17-44(51(38(5)28-29-39(7-2)8-3)49-26-15-21-42-19-10-12-24-47(42)49)23-14-18-41-32-36-46(37-33-41)52(45-34-30-40(9-4)31-35-45)50-27-16-22-43-20-11-13-25-48(43)50/h1,7-13,15-37H,2,4-5H2,3H3/b29-28-,39-8-,44-17+. The van der Waals surface area contributed by atoms with Gasteiger partial charge in [0, 0.05) is 40.0 Å². The third-order valence-electron chi connectivity index (χ3n) is 8.85. The molecule has 0 N–H and O–H groups in total. The molecule has 0 heterocycles. The molecule has 0 fully saturated rings. The van der Waals surface area contributed by atoms with Crippen molar-refractivity contribution in [2.75, 3.05) is 9.80 Å². The van der Waals surface area contributed by atoms with Gasteiger partial charge in [0.15, 0.2) is 0 Å². The molecule has 0 atom stereocenters. The maximum absolute atomic E-state index is 5.91. The largest absolute Gasteiger partial charge is 0.310 e. The zero-order chi connectivity index (χ0) is 36.3. The Morgan fingerprint density at radius 2 is 1.21 bits per heavy atom. The summed E-state index contributed by atoms with van der Waals surface area (Å²) < 4.78 is 0. The third kappa shape index (κ3) is 7.72. The first-order valence-electron chi connectivity index (χ1n) is 17.2. The molecule has 0 bridgehead atoms. The first kappa shape index (κ1) is 34.8. The van der Waals surface area contributed by atoms with Gasteiger partial charge in [0.2, 0.25) is 0 Å². The maximum atomic E-state index is 5.91. The Morgan fingerprint density at radius 1 is 0.654 bits per heavy atom. The van der Waals surface area contributed by atoms with Crippen LogP contribution in [-0.2, 0) is 0 Å². The van der Waals surface area contributed by atoms with Gasteiger partial charge in [0.05, 0.1) is 17.1 Å². The summed E-state index contributed by atoms with van der Waals surface area (Å²) in [4.78, 5) is 4.36. The van der Waals surface area contributed by atoms with Gasteiger partial charge in [-0.1, -0.05) is 147 Å². The van der Waals surface area contributed by atoms with E-state index < -0.39 is 0 Å². The molecule has 0 unspecified atom stereocenters. The van der Waals surface area contributed by atoms with Crippen molar-refractivity contribution in [1.82, 2.24) is 0 Å². The zero-order valence-corrected chi connectivity index (χ0v) is 29.4. The number of nitrogens with zero attached hydrogens (tertiary/aromatic N) is 2. The van der Waals surface area contributed by atoms with Crippen molar-refractivity contribution in [3.63, 3.8) is 0 Å². The predicted octanol–water partition coefficient (Wildman–Crippen LogP) is 13.5. The normalized spacial score (nSPS) is 11.5. The first-order chi connectivity index (χ1) is 25.5. The van der Waals surface area contributed by atoms with Crippen molar-refractivity contribution in [2.45, 2.75) is 6.92 Å². The smallest absolute Gasteiger partial charge is 0.0621 e. The van der Waals surface area contributed by atoms with E-state index in [-0.39, 0.29) is 0 Å². The summed E-state index contributed by atoms with van der Waals surface area (Å²) in [7, 11) is 0. The Morgan fingerprint density at radius 3 is 1.79 bits per heavy atom. The summed E-state index contributed by atoms with van der Waals surface area (Å²) in [5, 5.41) is 4.57. The van der Waals surface area contributed by atoms with Crippen LogP contribution < -0.4 is 9.80 Å². The lowest BCUT2D eigenvalue weighted by Crippen LogP contribution is -2.19. The monoisotopic (exact) mass is 668 g/mol. The molecule has 0 spiro atoms. The van der Waals surface area contributed by atoms with E-state index in [1.165, 1.54) is 10.8 Å². The lowest BCUT2D eigenvalue weighted by Gasteiger charge is -2.27. The van der Waals surface area contributed by atoms with Gasteiger partial charge in [-0.3, -0.25) is 0 Å². The first-order valence-corrected chi connectivity index (χ1v) is 17.2. The number of hydrogen-bond donors (Lipinski definition) is 0. The van der Waals surface area contributed by atoms with E-state index in [2.05, 4.69) is 156 Å². The molecule has 6 aromatic rings. The SMILES string of the molecule is C#C/C=C(\C=C=Cc1ccc(N(c2ccc(C=C)cc2)c2cccc3ccccc23)cc1)N(C(=C)/C=C\C(C=C)=C/C)c1cccc2ccccc12. The molecule has 2 heteroatoms. The molecule has 0 aliphatic rings. The van der Waals surface area contributed by atoms with Crippen LogP contribution in [0.2, 0.25) is 0 Å². The highest BCUT2D eigenvalue weighted by Crippen LogP contribution is 2.39. The maximum Gasteiger partial charge on any atom is 0.0621 e. The summed E-state index contributed by atoms with van der Waals surface area (Å²) in [5.41, 5.74) is 12.2. The Labute approximate surface area is 308 Å². The number of rotatable bonds is 12. The Bertz CT molecular complexity index is 2450. The van der Waals surface area contributed by atoms with Crippen LogP contribution in [-0.4, -0.2) is 0 Å².